The Bertz CT molecular complexity index is 442. The van der Waals surface area contributed by atoms with Crippen LogP contribution in [0, 0.1) is 0 Å². The summed E-state index contributed by atoms with van der Waals surface area (Å²) in [5, 5.41) is 21.1. The highest BCUT2D eigenvalue weighted by Crippen LogP contribution is 2.36. The van der Waals surface area contributed by atoms with E-state index in [-0.39, 0.29) is 0 Å². The molecule has 0 saturated heterocycles. The number of aromatic nitrogens is 6. The summed E-state index contributed by atoms with van der Waals surface area (Å²) >= 11 is 0. The van der Waals surface area contributed by atoms with E-state index in [9.17, 15) is 0 Å². The van der Waals surface area contributed by atoms with E-state index >= 15 is 0 Å². The molecular weight excluding hydrogens is 180 g/mol. The summed E-state index contributed by atoms with van der Waals surface area (Å²) in [5.74, 6) is 1.12. The Kier molecular flexibility index (Phi) is 1.44. The molecule has 0 radical (unpaired) electrons. The molecule has 1 aliphatic rings. The highest BCUT2D eigenvalue weighted by Gasteiger charge is 2.27. The van der Waals surface area contributed by atoms with Gasteiger partial charge in [-0.15, -0.1) is 10.2 Å². The van der Waals surface area contributed by atoms with E-state index in [2.05, 4.69) is 37.7 Å². The van der Waals surface area contributed by atoms with Crippen LogP contribution in [-0.2, 0) is 6.42 Å². The van der Waals surface area contributed by atoms with Crippen molar-refractivity contribution in [2.24, 2.45) is 0 Å². The van der Waals surface area contributed by atoms with Crippen LogP contribution in [0.2, 0.25) is 0 Å². The lowest BCUT2D eigenvalue weighted by Gasteiger charge is -2.00. The summed E-state index contributed by atoms with van der Waals surface area (Å²) in [6.07, 6.45) is 2.25. The van der Waals surface area contributed by atoms with E-state index in [0.717, 1.165) is 12.1 Å². The van der Waals surface area contributed by atoms with Crippen LogP contribution in [0.25, 0.3) is 11.5 Å². The molecule has 0 bridgehead atoms. The number of nitrogens with zero attached hydrogens (tertiary/aromatic N) is 4. The number of nitrogens with one attached hydrogen (secondary N) is 2. The summed E-state index contributed by atoms with van der Waals surface area (Å²) in [6, 6.07) is 0. The Morgan fingerprint density at radius 3 is 3.07 bits per heavy atom. The minimum Gasteiger partial charge on any atom is -0.282 e. The predicted octanol–water partition coefficient (Wildman–Crippen LogP) is 0.639. The Hall–Kier alpha value is -1.72. The molecule has 6 heteroatoms. The predicted molar refractivity (Wildman–Crippen MR) is 48.5 cm³/mol. The minimum absolute atomic E-state index is 0.539. The van der Waals surface area contributed by atoms with Gasteiger partial charge in [0.25, 0.3) is 0 Å². The van der Waals surface area contributed by atoms with E-state index < -0.39 is 0 Å². The number of aromatic amines is 2. The first-order valence-electron chi connectivity index (χ1n) is 4.67. The zero-order valence-electron chi connectivity index (χ0n) is 7.78. The smallest absolute Gasteiger partial charge is 0.225 e. The molecule has 1 unspecified atom stereocenters. The molecule has 2 N–H and O–H groups in total. The maximum atomic E-state index is 4.22. The molecule has 1 atom stereocenters. The fourth-order valence-electron chi connectivity index (χ4n) is 2.05. The van der Waals surface area contributed by atoms with Gasteiger partial charge in [-0.25, -0.2) is 0 Å². The molecular formula is C8H10N6. The molecule has 2 aromatic heterocycles. The normalized spacial score (nSPS) is 19.9. The molecule has 1 aliphatic carbocycles. The van der Waals surface area contributed by atoms with Gasteiger partial charge in [0.05, 0.1) is 0 Å². The van der Waals surface area contributed by atoms with Crippen molar-refractivity contribution in [3.05, 3.63) is 11.3 Å². The van der Waals surface area contributed by atoms with Crippen LogP contribution in [0.3, 0.4) is 0 Å². The molecule has 0 aliphatic heterocycles. The van der Waals surface area contributed by atoms with Crippen molar-refractivity contribution < 1.29 is 0 Å². The van der Waals surface area contributed by atoms with Gasteiger partial charge in [-0.3, -0.25) is 5.10 Å². The lowest BCUT2D eigenvalue weighted by Crippen LogP contribution is -1.91. The lowest BCUT2D eigenvalue weighted by atomic mass is 10.0. The third-order valence-electron chi connectivity index (χ3n) is 2.76. The fourth-order valence-corrected chi connectivity index (χ4v) is 2.05. The van der Waals surface area contributed by atoms with Crippen molar-refractivity contribution in [1.29, 1.82) is 0 Å². The molecule has 2 aromatic rings. The van der Waals surface area contributed by atoms with Gasteiger partial charge in [0.15, 0.2) is 0 Å². The van der Waals surface area contributed by atoms with Gasteiger partial charge in [0.1, 0.15) is 5.69 Å². The number of fused-ring (bicyclic) bond motifs is 1. The summed E-state index contributed by atoms with van der Waals surface area (Å²) in [7, 11) is 0. The van der Waals surface area contributed by atoms with Crippen molar-refractivity contribution in [3.8, 4) is 11.5 Å². The monoisotopic (exact) mass is 190 g/mol. The first-order chi connectivity index (χ1) is 6.86. The van der Waals surface area contributed by atoms with Crippen molar-refractivity contribution in [1.82, 2.24) is 30.8 Å². The highest BCUT2D eigenvalue weighted by molar-refractivity contribution is 5.57. The Morgan fingerprint density at radius 2 is 2.29 bits per heavy atom. The number of rotatable bonds is 1. The van der Waals surface area contributed by atoms with Gasteiger partial charge in [0, 0.05) is 11.3 Å². The highest BCUT2D eigenvalue weighted by atomic mass is 15.5. The van der Waals surface area contributed by atoms with Crippen molar-refractivity contribution in [2.75, 3.05) is 0 Å². The Labute approximate surface area is 80.1 Å². The van der Waals surface area contributed by atoms with Crippen LogP contribution in [0.1, 0.15) is 30.5 Å². The third-order valence-corrected chi connectivity index (χ3v) is 2.76. The Morgan fingerprint density at radius 1 is 1.36 bits per heavy atom. The van der Waals surface area contributed by atoms with Crippen LogP contribution >= 0.6 is 0 Å². The second kappa shape index (κ2) is 2.63. The number of hydrogen-bond acceptors (Lipinski definition) is 4. The van der Waals surface area contributed by atoms with Crippen LogP contribution in [0.5, 0.6) is 0 Å². The molecule has 14 heavy (non-hydrogen) atoms. The van der Waals surface area contributed by atoms with Gasteiger partial charge in [-0.1, -0.05) is 6.92 Å². The SMILES string of the molecule is CC1CCc2[nH]nc(-c3nn[nH]n3)c21. The summed E-state index contributed by atoms with van der Waals surface area (Å²) in [5.41, 5.74) is 3.32. The molecule has 0 saturated carbocycles. The summed E-state index contributed by atoms with van der Waals surface area (Å²) in [6.45, 7) is 2.20. The van der Waals surface area contributed by atoms with Gasteiger partial charge < -0.3 is 0 Å². The molecule has 0 amide bonds. The first-order valence-corrected chi connectivity index (χ1v) is 4.67. The topological polar surface area (TPSA) is 83.1 Å². The average Bonchev–Trinajstić information content (AvgIpc) is 2.84. The van der Waals surface area contributed by atoms with Crippen LogP contribution in [0.15, 0.2) is 0 Å². The van der Waals surface area contributed by atoms with E-state index in [1.54, 1.807) is 0 Å². The minimum atomic E-state index is 0.539. The maximum absolute atomic E-state index is 4.22. The summed E-state index contributed by atoms with van der Waals surface area (Å²) < 4.78 is 0. The molecule has 72 valence electrons. The van der Waals surface area contributed by atoms with Gasteiger partial charge in [-0.05, 0) is 24.0 Å². The van der Waals surface area contributed by atoms with Crippen LogP contribution < -0.4 is 0 Å². The quantitative estimate of drug-likeness (QED) is 0.691. The van der Waals surface area contributed by atoms with E-state index in [4.69, 9.17) is 0 Å². The lowest BCUT2D eigenvalue weighted by molar-refractivity contribution is 0.735. The first kappa shape index (κ1) is 7.66. The maximum Gasteiger partial charge on any atom is 0.225 e. The van der Waals surface area contributed by atoms with Gasteiger partial charge in [0.2, 0.25) is 5.82 Å². The zero-order chi connectivity index (χ0) is 9.54. The number of hydrogen-bond donors (Lipinski definition) is 2. The van der Waals surface area contributed by atoms with Crippen LogP contribution in [0.4, 0.5) is 0 Å². The van der Waals surface area contributed by atoms with Crippen molar-refractivity contribution in [3.63, 3.8) is 0 Å². The number of aryl methyl sites for hydroxylation is 1. The van der Waals surface area contributed by atoms with Gasteiger partial charge in [-0.2, -0.15) is 10.3 Å². The summed E-state index contributed by atoms with van der Waals surface area (Å²) in [4.78, 5) is 0. The van der Waals surface area contributed by atoms with Crippen molar-refractivity contribution >= 4 is 0 Å². The van der Waals surface area contributed by atoms with Crippen molar-refractivity contribution in [2.45, 2.75) is 25.7 Å². The fraction of sp³-hybridized carbons (Fsp3) is 0.500. The third kappa shape index (κ3) is 0.905. The molecule has 6 nitrogen and oxygen atoms in total. The molecule has 0 spiro atoms. The zero-order valence-corrected chi connectivity index (χ0v) is 7.78. The van der Waals surface area contributed by atoms with E-state index in [0.29, 0.717) is 11.7 Å². The molecule has 3 rings (SSSR count). The average molecular weight is 190 g/mol. The second-order valence-corrected chi connectivity index (χ2v) is 3.64. The molecule has 0 fully saturated rings. The number of H-pyrrole nitrogens is 2. The van der Waals surface area contributed by atoms with E-state index in [1.165, 1.54) is 17.7 Å². The standard InChI is InChI=1S/C8H10N6/c1-4-2-3-5-6(4)7(10-9-5)8-11-13-14-12-8/h4H,2-3H2,1H3,(H,9,10)(H,11,12,13,14). The van der Waals surface area contributed by atoms with E-state index in [1.807, 2.05) is 0 Å². The second-order valence-electron chi connectivity index (χ2n) is 3.64. The van der Waals surface area contributed by atoms with Crippen LogP contribution in [-0.4, -0.2) is 30.8 Å². The number of tetrazole rings is 1. The molecule has 2 heterocycles. The Balaban J connectivity index is 2.17. The molecule has 0 aromatic carbocycles. The van der Waals surface area contributed by atoms with Gasteiger partial charge >= 0.3 is 0 Å². The largest absolute Gasteiger partial charge is 0.282 e.